The molecular formula is C37H32O10S. The summed E-state index contributed by atoms with van der Waals surface area (Å²) < 4.78 is 52.6. The first-order valence-electron chi connectivity index (χ1n) is 14.7. The van der Waals surface area contributed by atoms with Gasteiger partial charge < -0.3 is 23.7 Å². The molecule has 48 heavy (non-hydrogen) atoms. The molecule has 0 N–H and O–H groups in total. The van der Waals surface area contributed by atoms with Gasteiger partial charge in [0.25, 0.3) is 0 Å². The van der Waals surface area contributed by atoms with Crippen LogP contribution >= 0.6 is 0 Å². The Morgan fingerprint density at radius 1 is 0.583 bits per heavy atom. The third-order valence-electron chi connectivity index (χ3n) is 6.36. The predicted octanol–water partition coefficient (Wildman–Crippen LogP) is 6.26. The quantitative estimate of drug-likeness (QED) is 0.0619. The molecular weight excluding hydrogens is 636 g/mol. The molecule has 4 rings (SSSR count). The van der Waals surface area contributed by atoms with Crippen molar-refractivity contribution in [1.82, 2.24) is 0 Å². The van der Waals surface area contributed by atoms with Crippen LogP contribution in [0.25, 0.3) is 12.2 Å². The van der Waals surface area contributed by atoms with E-state index in [0.29, 0.717) is 17.9 Å². The van der Waals surface area contributed by atoms with Crippen molar-refractivity contribution in [2.75, 3.05) is 19.8 Å². The van der Waals surface area contributed by atoms with E-state index in [1.807, 2.05) is 6.92 Å². The van der Waals surface area contributed by atoms with Gasteiger partial charge in [-0.3, -0.25) is 0 Å². The zero-order valence-corrected chi connectivity index (χ0v) is 26.8. The molecule has 0 fully saturated rings. The number of hydrogen-bond acceptors (Lipinski definition) is 10. The van der Waals surface area contributed by atoms with Crippen LogP contribution < -0.4 is 18.9 Å². The molecule has 0 atom stereocenters. The van der Waals surface area contributed by atoms with E-state index in [0.717, 1.165) is 17.4 Å². The minimum atomic E-state index is -3.90. The highest BCUT2D eigenvalue weighted by molar-refractivity contribution is 7.91. The molecule has 0 saturated heterocycles. The fourth-order valence-corrected chi connectivity index (χ4v) is 5.28. The highest BCUT2D eigenvalue weighted by Crippen LogP contribution is 2.25. The van der Waals surface area contributed by atoms with Crippen LogP contribution in [-0.2, 0) is 29.0 Å². The van der Waals surface area contributed by atoms with Gasteiger partial charge in [-0.05, 0) is 103 Å². The van der Waals surface area contributed by atoms with Crippen LogP contribution in [0, 0.1) is 0 Å². The van der Waals surface area contributed by atoms with Crippen LogP contribution in [0.4, 0.5) is 0 Å². The molecule has 0 aliphatic rings. The van der Waals surface area contributed by atoms with E-state index < -0.39 is 27.7 Å². The highest BCUT2D eigenvalue weighted by atomic mass is 32.2. The van der Waals surface area contributed by atoms with Gasteiger partial charge in [0.15, 0.2) is 0 Å². The summed E-state index contributed by atoms with van der Waals surface area (Å²) in [6, 6.07) is 24.9. The second-order valence-corrected chi connectivity index (χ2v) is 11.7. The minimum absolute atomic E-state index is 0.00699. The zero-order valence-electron chi connectivity index (χ0n) is 25.9. The molecule has 4 aromatic rings. The fraction of sp³-hybridized carbons (Fsp3) is 0.108. The van der Waals surface area contributed by atoms with Crippen LogP contribution in [0.15, 0.2) is 132 Å². The second kappa shape index (κ2) is 17.1. The third kappa shape index (κ3) is 10.6. The van der Waals surface area contributed by atoms with E-state index in [9.17, 15) is 22.8 Å². The van der Waals surface area contributed by atoms with Gasteiger partial charge in [-0.25, -0.2) is 22.8 Å². The van der Waals surface area contributed by atoms with Crippen molar-refractivity contribution in [3.05, 3.63) is 133 Å². The Morgan fingerprint density at radius 2 is 1.00 bits per heavy atom. The second-order valence-electron chi connectivity index (χ2n) is 9.75. The summed E-state index contributed by atoms with van der Waals surface area (Å²) in [6.07, 6.45) is 6.73. The molecule has 10 nitrogen and oxygen atoms in total. The van der Waals surface area contributed by atoms with Crippen LogP contribution in [0.3, 0.4) is 0 Å². The lowest BCUT2D eigenvalue weighted by atomic mass is 10.2. The van der Waals surface area contributed by atoms with Crippen LogP contribution in [-0.4, -0.2) is 46.1 Å². The number of hydrogen-bond donors (Lipinski definition) is 0. The summed E-state index contributed by atoms with van der Waals surface area (Å²) in [4.78, 5) is 35.6. The van der Waals surface area contributed by atoms with Gasteiger partial charge in [0, 0.05) is 18.2 Å². The summed E-state index contributed by atoms with van der Waals surface area (Å²) in [6.45, 7) is 6.03. The normalized spacial score (nSPS) is 11.2. The number of rotatable bonds is 15. The van der Waals surface area contributed by atoms with Crippen molar-refractivity contribution in [2.45, 2.75) is 16.7 Å². The van der Waals surface area contributed by atoms with Crippen molar-refractivity contribution >= 4 is 39.9 Å². The van der Waals surface area contributed by atoms with Crippen molar-refractivity contribution in [3.63, 3.8) is 0 Å². The smallest absolute Gasteiger partial charge is 0.336 e. The summed E-state index contributed by atoms with van der Waals surface area (Å²) in [5, 5.41) is 0. The largest absolute Gasteiger partial charge is 0.494 e. The molecule has 11 heteroatoms. The van der Waals surface area contributed by atoms with Gasteiger partial charge >= 0.3 is 17.9 Å². The van der Waals surface area contributed by atoms with Gasteiger partial charge in [0.2, 0.25) is 9.84 Å². The van der Waals surface area contributed by atoms with Crippen molar-refractivity contribution in [1.29, 1.82) is 0 Å². The number of sulfone groups is 1. The van der Waals surface area contributed by atoms with E-state index in [1.165, 1.54) is 60.7 Å². The standard InChI is InChI=1S/C37H32O10S/c1-3-35(38)45-26-25-44-30-13-7-28(8-14-30)10-24-37(40)47-32-17-21-34(22-18-32)48(41,42)33-19-15-31(16-20-33)46-36(39)23-9-27-5-11-29(12-6-27)43-4-2/h3,5-24H,1,4,25-26H2,2H3/b23-9+,24-10+. The molecule has 0 heterocycles. The average Bonchev–Trinajstić information content (AvgIpc) is 3.10. The first kappa shape index (κ1) is 34.9. The zero-order chi connectivity index (χ0) is 34.4. The molecule has 0 unspecified atom stereocenters. The summed E-state index contributed by atoms with van der Waals surface area (Å²) >= 11 is 0. The molecule has 0 aliphatic heterocycles. The van der Waals surface area contributed by atoms with Crippen LogP contribution in [0.2, 0.25) is 0 Å². The Hall–Kier alpha value is -5.94. The molecule has 4 aromatic carbocycles. The van der Waals surface area contributed by atoms with Crippen molar-refractivity contribution in [2.24, 2.45) is 0 Å². The van der Waals surface area contributed by atoms with E-state index in [1.54, 1.807) is 60.7 Å². The van der Waals surface area contributed by atoms with Gasteiger partial charge in [-0.2, -0.15) is 0 Å². The van der Waals surface area contributed by atoms with Gasteiger partial charge in [0.05, 0.1) is 16.4 Å². The van der Waals surface area contributed by atoms with Gasteiger partial charge in [-0.15, -0.1) is 0 Å². The number of carbonyl (C=O) groups excluding carboxylic acids is 3. The van der Waals surface area contributed by atoms with E-state index in [-0.39, 0.29) is 34.5 Å². The van der Waals surface area contributed by atoms with E-state index in [4.69, 9.17) is 23.7 Å². The molecule has 246 valence electrons. The maximum Gasteiger partial charge on any atom is 0.336 e. The lowest BCUT2D eigenvalue weighted by Crippen LogP contribution is -2.10. The van der Waals surface area contributed by atoms with E-state index in [2.05, 4.69) is 6.58 Å². The predicted molar refractivity (Wildman–Crippen MR) is 178 cm³/mol. The molecule has 0 radical (unpaired) electrons. The summed E-state index contributed by atoms with van der Waals surface area (Å²) in [5.41, 5.74) is 1.49. The Labute approximate surface area is 278 Å². The number of carbonyl (C=O) groups is 3. The van der Waals surface area contributed by atoms with Crippen LogP contribution in [0.5, 0.6) is 23.0 Å². The monoisotopic (exact) mass is 668 g/mol. The number of ether oxygens (including phenoxy) is 5. The van der Waals surface area contributed by atoms with Crippen molar-refractivity contribution in [3.8, 4) is 23.0 Å². The maximum absolute atomic E-state index is 13.1. The SMILES string of the molecule is C=CC(=O)OCCOc1ccc(/C=C/C(=O)Oc2ccc(S(=O)(=O)c3ccc(OC(=O)/C=C/c4ccc(OCC)cc4)cc3)cc2)cc1. The Kier molecular flexibility index (Phi) is 12.4. The average molecular weight is 669 g/mol. The Morgan fingerprint density at radius 3 is 1.42 bits per heavy atom. The topological polar surface area (TPSA) is 132 Å². The fourth-order valence-electron chi connectivity index (χ4n) is 4.02. The van der Waals surface area contributed by atoms with Crippen LogP contribution in [0.1, 0.15) is 18.1 Å². The molecule has 0 spiro atoms. The van der Waals surface area contributed by atoms with Gasteiger partial charge in [-0.1, -0.05) is 30.8 Å². The number of benzene rings is 4. The van der Waals surface area contributed by atoms with Crippen molar-refractivity contribution < 1.29 is 46.5 Å². The van der Waals surface area contributed by atoms with Gasteiger partial charge in [0.1, 0.15) is 36.2 Å². The lowest BCUT2D eigenvalue weighted by Gasteiger charge is -2.07. The first-order valence-corrected chi connectivity index (χ1v) is 16.1. The highest BCUT2D eigenvalue weighted by Gasteiger charge is 2.18. The molecule has 0 amide bonds. The molecule has 0 saturated carbocycles. The Balaban J connectivity index is 1.26. The summed E-state index contributed by atoms with van der Waals surface area (Å²) in [5.74, 6) is -0.181. The lowest BCUT2D eigenvalue weighted by molar-refractivity contribution is -0.138. The first-order chi connectivity index (χ1) is 23.2. The van der Waals surface area contributed by atoms with E-state index >= 15 is 0 Å². The molecule has 0 aliphatic carbocycles. The minimum Gasteiger partial charge on any atom is -0.494 e. The maximum atomic E-state index is 13.1. The third-order valence-corrected chi connectivity index (χ3v) is 8.15. The molecule has 0 bridgehead atoms. The molecule has 0 aromatic heterocycles. The number of esters is 3. The summed E-state index contributed by atoms with van der Waals surface area (Å²) in [7, 11) is -3.90. The Bertz CT molecular complexity index is 1870.